The number of fused-ring (bicyclic) bond motifs is 5. The third kappa shape index (κ3) is 2.69. The number of carbonyl (C=O) groups excluding carboxylic acids is 1. The van der Waals surface area contributed by atoms with E-state index < -0.39 is 6.09 Å². The second-order valence-corrected chi connectivity index (χ2v) is 6.49. The van der Waals surface area contributed by atoms with Crippen LogP contribution in [0.15, 0.2) is 18.2 Å². The molecule has 126 valence electrons. The third-order valence-corrected chi connectivity index (χ3v) is 4.86. The van der Waals surface area contributed by atoms with Crippen molar-refractivity contribution in [1.29, 1.82) is 0 Å². The molecule has 8 nitrogen and oxygen atoms in total. The molecule has 0 unspecified atom stereocenters. The monoisotopic (exact) mass is 329 g/mol. The molecule has 1 aromatic carbocycles. The summed E-state index contributed by atoms with van der Waals surface area (Å²) < 4.78 is 0. The van der Waals surface area contributed by atoms with Crippen molar-refractivity contribution in [2.75, 3.05) is 31.6 Å². The van der Waals surface area contributed by atoms with Crippen molar-refractivity contribution in [3.05, 3.63) is 23.9 Å². The number of rotatable bonds is 2. The van der Waals surface area contributed by atoms with E-state index in [2.05, 4.69) is 20.4 Å². The molecule has 3 aliphatic heterocycles. The van der Waals surface area contributed by atoms with E-state index in [4.69, 9.17) is 5.11 Å². The number of carbonyl (C=O) groups is 2. The van der Waals surface area contributed by atoms with Crippen LogP contribution >= 0.6 is 0 Å². The Morgan fingerprint density at radius 2 is 2.08 bits per heavy atom. The largest absolute Gasteiger partial charge is 0.465 e. The zero-order chi connectivity index (χ0) is 16.7. The van der Waals surface area contributed by atoms with E-state index in [0.717, 1.165) is 32.5 Å². The average Bonchev–Trinajstić information content (AvgIpc) is 2.75. The molecule has 1 aromatic heterocycles. The van der Waals surface area contributed by atoms with Crippen LogP contribution in [0.1, 0.15) is 23.3 Å². The molecule has 0 aliphatic carbocycles. The molecule has 3 saturated heterocycles. The maximum absolute atomic E-state index is 13.0. The smallest absolute Gasteiger partial charge is 0.409 e. The fraction of sp³-hybridized carbons (Fsp3) is 0.438. The van der Waals surface area contributed by atoms with Crippen molar-refractivity contribution >= 4 is 28.6 Å². The molecule has 0 radical (unpaired) electrons. The second-order valence-electron chi connectivity index (χ2n) is 6.49. The Labute approximate surface area is 138 Å². The normalized spacial score (nSPS) is 23.2. The van der Waals surface area contributed by atoms with Gasteiger partial charge in [-0.25, -0.2) is 4.79 Å². The Balaban J connectivity index is 1.65. The number of piperidine rings is 1. The van der Waals surface area contributed by atoms with Crippen molar-refractivity contribution in [2.24, 2.45) is 5.92 Å². The molecule has 0 saturated carbocycles. The number of nitrogens with one attached hydrogen (secondary N) is 2. The van der Waals surface area contributed by atoms with Crippen LogP contribution in [0.5, 0.6) is 0 Å². The molecule has 3 N–H and O–H groups in total. The van der Waals surface area contributed by atoms with Crippen molar-refractivity contribution in [2.45, 2.75) is 12.8 Å². The van der Waals surface area contributed by atoms with E-state index in [1.54, 1.807) is 18.2 Å². The fourth-order valence-corrected chi connectivity index (χ4v) is 3.60. The minimum absolute atomic E-state index is 0.104. The van der Waals surface area contributed by atoms with Crippen molar-refractivity contribution in [1.82, 2.24) is 20.0 Å². The average molecular weight is 329 g/mol. The van der Waals surface area contributed by atoms with Gasteiger partial charge in [-0.2, -0.15) is 5.10 Å². The van der Waals surface area contributed by atoms with E-state index in [-0.39, 0.29) is 5.91 Å². The SMILES string of the molecule is O=C(O)Nc1ccc2[nH]nc(C(=O)N3CC4CCN(CC4)C3)c2c1. The van der Waals surface area contributed by atoms with Gasteiger partial charge in [0.2, 0.25) is 0 Å². The second kappa shape index (κ2) is 5.79. The zero-order valence-corrected chi connectivity index (χ0v) is 13.2. The first-order valence-corrected chi connectivity index (χ1v) is 8.10. The highest BCUT2D eigenvalue weighted by molar-refractivity contribution is 6.05. The van der Waals surface area contributed by atoms with Crippen LogP contribution in [0.2, 0.25) is 0 Å². The molecule has 2 bridgehead atoms. The number of aromatic amines is 1. The highest BCUT2D eigenvalue weighted by Crippen LogP contribution is 2.26. The number of benzene rings is 1. The van der Waals surface area contributed by atoms with Gasteiger partial charge in [0, 0.05) is 30.7 Å². The maximum Gasteiger partial charge on any atom is 0.409 e. The maximum atomic E-state index is 13.0. The number of H-pyrrole nitrogens is 1. The van der Waals surface area contributed by atoms with Crippen LogP contribution < -0.4 is 5.32 Å². The molecular weight excluding hydrogens is 310 g/mol. The molecule has 3 aliphatic rings. The zero-order valence-electron chi connectivity index (χ0n) is 13.2. The van der Waals surface area contributed by atoms with Gasteiger partial charge in [0.15, 0.2) is 5.69 Å². The topological polar surface area (TPSA) is 102 Å². The minimum Gasteiger partial charge on any atom is -0.465 e. The summed E-state index contributed by atoms with van der Waals surface area (Å²) in [6.45, 7) is 3.48. The Bertz CT molecular complexity index is 780. The molecule has 0 spiro atoms. The summed E-state index contributed by atoms with van der Waals surface area (Å²) in [7, 11) is 0. The number of hydrogen-bond donors (Lipinski definition) is 3. The summed E-state index contributed by atoms with van der Waals surface area (Å²) in [5, 5.41) is 18.8. The molecular formula is C16H19N5O3. The molecule has 2 aromatic rings. The lowest BCUT2D eigenvalue weighted by Crippen LogP contribution is -2.39. The van der Waals surface area contributed by atoms with E-state index in [1.807, 2.05) is 4.90 Å². The quantitative estimate of drug-likeness (QED) is 0.779. The Morgan fingerprint density at radius 1 is 1.29 bits per heavy atom. The van der Waals surface area contributed by atoms with Gasteiger partial charge < -0.3 is 10.0 Å². The van der Waals surface area contributed by atoms with Gasteiger partial charge in [-0.15, -0.1) is 0 Å². The fourth-order valence-electron chi connectivity index (χ4n) is 3.60. The molecule has 3 fully saturated rings. The number of aromatic nitrogens is 2. The predicted molar refractivity (Wildman–Crippen MR) is 87.9 cm³/mol. The molecule has 0 atom stereocenters. The van der Waals surface area contributed by atoms with Crippen LogP contribution in [0.3, 0.4) is 0 Å². The molecule has 8 heteroatoms. The molecule has 2 amide bonds. The lowest BCUT2D eigenvalue weighted by atomic mass is 9.98. The molecule has 4 heterocycles. The first-order chi connectivity index (χ1) is 11.6. The van der Waals surface area contributed by atoms with Gasteiger partial charge in [-0.1, -0.05) is 0 Å². The highest BCUT2D eigenvalue weighted by atomic mass is 16.4. The van der Waals surface area contributed by atoms with Crippen molar-refractivity contribution in [3.63, 3.8) is 0 Å². The van der Waals surface area contributed by atoms with E-state index in [9.17, 15) is 9.59 Å². The summed E-state index contributed by atoms with van der Waals surface area (Å²) >= 11 is 0. The van der Waals surface area contributed by atoms with Crippen LogP contribution in [0, 0.1) is 5.92 Å². The van der Waals surface area contributed by atoms with Crippen molar-refractivity contribution < 1.29 is 14.7 Å². The molecule has 5 rings (SSSR count). The van der Waals surface area contributed by atoms with Crippen LogP contribution in [-0.4, -0.2) is 63.4 Å². The van der Waals surface area contributed by atoms with Crippen LogP contribution in [-0.2, 0) is 0 Å². The van der Waals surface area contributed by atoms with Crippen LogP contribution in [0.25, 0.3) is 10.9 Å². The van der Waals surface area contributed by atoms with E-state index in [1.165, 1.54) is 0 Å². The number of anilines is 1. The Morgan fingerprint density at radius 3 is 2.83 bits per heavy atom. The Hall–Kier alpha value is -2.61. The number of carboxylic acid groups (broad SMARTS) is 1. The lowest BCUT2D eigenvalue weighted by Gasteiger charge is -2.25. The Kier molecular flexibility index (Phi) is 3.61. The summed E-state index contributed by atoms with van der Waals surface area (Å²) in [5.74, 6) is 0.453. The summed E-state index contributed by atoms with van der Waals surface area (Å²) in [6.07, 6.45) is 1.14. The first-order valence-electron chi connectivity index (χ1n) is 8.10. The summed E-state index contributed by atoms with van der Waals surface area (Å²) in [5.41, 5.74) is 1.49. The van der Waals surface area contributed by atoms with Gasteiger partial charge in [0.25, 0.3) is 5.91 Å². The van der Waals surface area contributed by atoms with Crippen molar-refractivity contribution in [3.8, 4) is 0 Å². The minimum atomic E-state index is -1.14. The summed E-state index contributed by atoms with van der Waals surface area (Å²) in [6, 6.07) is 5.01. The van der Waals surface area contributed by atoms with Gasteiger partial charge in [-0.3, -0.25) is 20.1 Å². The predicted octanol–water partition coefficient (Wildman–Crippen LogP) is 1.78. The van der Waals surface area contributed by atoms with Gasteiger partial charge in [-0.05, 0) is 37.0 Å². The van der Waals surface area contributed by atoms with Crippen LogP contribution in [0.4, 0.5) is 10.5 Å². The summed E-state index contributed by atoms with van der Waals surface area (Å²) in [4.78, 5) is 27.9. The van der Waals surface area contributed by atoms with Gasteiger partial charge in [0.05, 0.1) is 12.2 Å². The van der Waals surface area contributed by atoms with Gasteiger partial charge in [0.1, 0.15) is 0 Å². The number of hydrogen-bond acceptors (Lipinski definition) is 4. The van der Waals surface area contributed by atoms with Gasteiger partial charge >= 0.3 is 6.09 Å². The number of nitrogens with zero attached hydrogens (tertiary/aromatic N) is 3. The number of amides is 2. The standard InChI is InChI=1S/C16H19N5O3/c22-15(21-8-10-3-5-20(9-21)6-4-10)14-12-7-11(17-16(23)24)1-2-13(12)18-19-14/h1-2,7,10,17H,3-6,8-9H2,(H,18,19)(H,23,24). The lowest BCUT2D eigenvalue weighted by molar-refractivity contribution is 0.0681. The highest BCUT2D eigenvalue weighted by Gasteiger charge is 2.31. The first kappa shape index (κ1) is 14.9. The van der Waals surface area contributed by atoms with E-state index in [0.29, 0.717) is 34.9 Å². The molecule has 24 heavy (non-hydrogen) atoms. The van der Waals surface area contributed by atoms with E-state index >= 15 is 0 Å². The third-order valence-electron chi connectivity index (χ3n) is 4.86.